The molecule has 0 radical (unpaired) electrons. The molecule has 1 heterocycles. The van der Waals surface area contributed by atoms with Crippen molar-refractivity contribution in [1.82, 2.24) is 4.90 Å². The van der Waals surface area contributed by atoms with E-state index >= 15 is 0 Å². The molecule has 4 heteroatoms. The lowest BCUT2D eigenvalue weighted by molar-refractivity contribution is -0.144. The summed E-state index contributed by atoms with van der Waals surface area (Å²) >= 11 is 0. The van der Waals surface area contributed by atoms with Crippen molar-refractivity contribution in [2.24, 2.45) is 17.6 Å². The molecule has 0 spiro atoms. The van der Waals surface area contributed by atoms with Crippen molar-refractivity contribution in [2.45, 2.75) is 64.4 Å². The van der Waals surface area contributed by atoms with Crippen LogP contribution in [0, 0.1) is 11.8 Å². The van der Waals surface area contributed by atoms with Crippen LogP contribution in [0.2, 0.25) is 0 Å². The molecular formula is C17H32N2O2. The van der Waals surface area contributed by atoms with Gasteiger partial charge in [-0.2, -0.15) is 0 Å². The molecule has 2 rings (SSSR count). The predicted octanol–water partition coefficient (Wildman–Crippen LogP) is 2.56. The van der Waals surface area contributed by atoms with Gasteiger partial charge in [-0.15, -0.1) is 0 Å². The molecule has 122 valence electrons. The molecule has 2 N–H and O–H groups in total. The Morgan fingerprint density at radius 3 is 2.33 bits per heavy atom. The summed E-state index contributed by atoms with van der Waals surface area (Å²) in [5, 5.41) is 0. The summed E-state index contributed by atoms with van der Waals surface area (Å²) in [6.07, 6.45) is 9.46. The van der Waals surface area contributed by atoms with Crippen molar-refractivity contribution in [3.8, 4) is 0 Å². The highest BCUT2D eigenvalue weighted by Gasteiger charge is 2.27. The molecule has 1 saturated carbocycles. The summed E-state index contributed by atoms with van der Waals surface area (Å²) < 4.78 is 5.92. The summed E-state index contributed by atoms with van der Waals surface area (Å²) in [5.74, 6) is 1.30. The second kappa shape index (κ2) is 8.74. The third-order valence-electron chi connectivity index (χ3n) is 5.20. The van der Waals surface area contributed by atoms with E-state index in [0.717, 1.165) is 32.5 Å². The predicted molar refractivity (Wildman–Crippen MR) is 85.0 cm³/mol. The molecule has 1 aliphatic heterocycles. The average Bonchev–Trinajstić information content (AvgIpc) is 2.81. The summed E-state index contributed by atoms with van der Waals surface area (Å²) in [6.45, 7) is 5.17. The van der Waals surface area contributed by atoms with Gasteiger partial charge in [0.1, 0.15) is 6.10 Å². The fourth-order valence-electron chi connectivity index (χ4n) is 3.70. The van der Waals surface area contributed by atoms with E-state index in [-0.39, 0.29) is 12.0 Å². The van der Waals surface area contributed by atoms with Gasteiger partial charge in [0.15, 0.2) is 0 Å². The van der Waals surface area contributed by atoms with E-state index in [1.807, 2.05) is 11.8 Å². The number of hydrogen-bond donors (Lipinski definition) is 1. The van der Waals surface area contributed by atoms with E-state index in [1.165, 1.54) is 38.5 Å². The number of carbonyl (C=O) groups excluding carboxylic acids is 1. The fourth-order valence-corrected chi connectivity index (χ4v) is 3.70. The van der Waals surface area contributed by atoms with E-state index in [9.17, 15) is 4.79 Å². The summed E-state index contributed by atoms with van der Waals surface area (Å²) in [7, 11) is 0. The molecule has 2 fully saturated rings. The van der Waals surface area contributed by atoms with Crippen molar-refractivity contribution in [2.75, 3.05) is 26.2 Å². The first-order valence-corrected chi connectivity index (χ1v) is 8.83. The summed E-state index contributed by atoms with van der Waals surface area (Å²) in [4.78, 5) is 14.4. The van der Waals surface area contributed by atoms with Crippen LogP contribution in [0.15, 0.2) is 0 Å². The van der Waals surface area contributed by atoms with E-state index in [1.54, 1.807) is 0 Å². The van der Waals surface area contributed by atoms with Gasteiger partial charge < -0.3 is 15.4 Å². The molecule has 2 aliphatic rings. The molecule has 1 saturated heterocycles. The minimum absolute atomic E-state index is 0.178. The van der Waals surface area contributed by atoms with Crippen molar-refractivity contribution < 1.29 is 9.53 Å². The third-order valence-corrected chi connectivity index (χ3v) is 5.20. The maximum absolute atomic E-state index is 12.5. The number of hydrogen-bond acceptors (Lipinski definition) is 3. The molecule has 1 aliphatic carbocycles. The molecule has 3 atom stereocenters. The van der Waals surface area contributed by atoms with E-state index in [2.05, 4.69) is 0 Å². The maximum Gasteiger partial charge on any atom is 0.251 e. The van der Waals surface area contributed by atoms with Gasteiger partial charge in [-0.1, -0.05) is 25.7 Å². The number of amides is 1. The zero-order valence-electron chi connectivity index (χ0n) is 13.6. The van der Waals surface area contributed by atoms with Crippen LogP contribution in [0.4, 0.5) is 0 Å². The number of likely N-dealkylation sites (tertiary alicyclic amines) is 1. The van der Waals surface area contributed by atoms with E-state index in [0.29, 0.717) is 18.4 Å². The average molecular weight is 296 g/mol. The second-order valence-electron chi connectivity index (χ2n) is 6.76. The van der Waals surface area contributed by atoms with Crippen molar-refractivity contribution >= 4 is 5.91 Å². The first-order chi connectivity index (χ1) is 10.2. The summed E-state index contributed by atoms with van der Waals surface area (Å²) in [5.41, 5.74) is 5.86. The Balaban J connectivity index is 1.77. The van der Waals surface area contributed by atoms with Crippen LogP contribution < -0.4 is 5.73 Å². The fraction of sp³-hybridized carbons (Fsp3) is 0.941. The third kappa shape index (κ3) is 4.96. The van der Waals surface area contributed by atoms with Crippen molar-refractivity contribution in [3.05, 3.63) is 0 Å². The zero-order valence-corrected chi connectivity index (χ0v) is 13.6. The number of nitrogens with two attached hydrogens (primary N) is 1. The lowest BCUT2D eigenvalue weighted by Crippen LogP contribution is -2.41. The highest BCUT2D eigenvalue weighted by Crippen LogP contribution is 2.29. The second-order valence-corrected chi connectivity index (χ2v) is 6.76. The highest BCUT2D eigenvalue weighted by atomic mass is 16.5. The molecule has 3 unspecified atom stereocenters. The largest absolute Gasteiger partial charge is 0.368 e. The van der Waals surface area contributed by atoms with Crippen LogP contribution in [-0.2, 0) is 9.53 Å². The molecule has 0 aromatic heterocycles. The molecule has 4 nitrogen and oxygen atoms in total. The van der Waals surface area contributed by atoms with Gasteiger partial charge in [-0.25, -0.2) is 0 Å². The van der Waals surface area contributed by atoms with Crippen LogP contribution in [0.1, 0.15) is 58.3 Å². The smallest absolute Gasteiger partial charge is 0.251 e. The Hall–Kier alpha value is -0.610. The van der Waals surface area contributed by atoms with Crippen molar-refractivity contribution in [1.29, 1.82) is 0 Å². The Kier molecular flexibility index (Phi) is 6.97. The number of carbonyl (C=O) groups is 1. The lowest BCUT2D eigenvalue weighted by Gasteiger charge is -2.32. The normalized spacial score (nSPS) is 29.0. The van der Waals surface area contributed by atoms with Crippen molar-refractivity contribution in [3.63, 3.8) is 0 Å². The molecule has 0 bridgehead atoms. The zero-order chi connectivity index (χ0) is 15.1. The van der Waals surface area contributed by atoms with Gasteiger partial charge in [0, 0.05) is 13.1 Å². The van der Waals surface area contributed by atoms with Crippen LogP contribution in [0.5, 0.6) is 0 Å². The standard InChI is InChI=1S/C17H32N2O2/c1-14(17(20)19-10-6-2-3-7-11-19)21-13-16-9-5-4-8-15(16)12-18/h14-16H,2-13,18H2,1H3. The highest BCUT2D eigenvalue weighted by molar-refractivity contribution is 5.80. The number of rotatable bonds is 5. The van der Waals surface area contributed by atoms with Gasteiger partial charge in [0.05, 0.1) is 6.61 Å². The van der Waals surface area contributed by atoms with E-state index < -0.39 is 0 Å². The molecule has 0 aromatic rings. The Morgan fingerprint density at radius 2 is 1.71 bits per heavy atom. The lowest BCUT2D eigenvalue weighted by atomic mass is 9.80. The Morgan fingerprint density at radius 1 is 1.10 bits per heavy atom. The Labute approximate surface area is 129 Å². The van der Waals surface area contributed by atoms with Crippen LogP contribution >= 0.6 is 0 Å². The molecule has 21 heavy (non-hydrogen) atoms. The minimum atomic E-state index is -0.302. The first-order valence-electron chi connectivity index (χ1n) is 8.83. The van der Waals surface area contributed by atoms with Gasteiger partial charge in [-0.05, 0) is 51.0 Å². The van der Waals surface area contributed by atoms with Gasteiger partial charge in [0.2, 0.25) is 0 Å². The number of nitrogens with zero attached hydrogens (tertiary/aromatic N) is 1. The van der Waals surface area contributed by atoms with Gasteiger partial charge in [0.25, 0.3) is 5.91 Å². The molecule has 1 amide bonds. The number of ether oxygens (including phenoxy) is 1. The Bertz CT molecular complexity index is 314. The van der Waals surface area contributed by atoms with Gasteiger partial charge >= 0.3 is 0 Å². The minimum Gasteiger partial charge on any atom is -0.368 e. The quantitative estimate of drug-likeness (QED) is 0.848. The molecular weight excluding hydrogens is 264 g/mol. The van der Waals surface area contributed by atoms with Gasteiger partial charge in [-0.3, -0.25) is 4.79 Å². The molecule has 0 aromatic carbocycles. The van der Waals surface area contributed by atoms with Crippen LogP contribution in [0.25, 0.3) is 0 Å². The van der Waals surface area contributed by atoms with Crippen LogP contribution in [-0.4, -0.2) is 43.2 Å². The summed E-state index contributed by atoms with van der Waals surface area (Å²) in [6, 6.07) is 0. The van der Waals surface area contributed by atoms with Crippen LogP contribution in [0.3, 0.4) is 0 Å². The monoisotopic (exact) mass is 296 g/mol. The van der Waals surface area contributed by atoms with E-state index in [4.69, 9.17) is 10.5 Å². The SMILES string of the molecule is CC(OCC1CCCCC1CN)C(=O)N1CCCCCC1. The topological polar surface area (TPSA) is 55.6 Å². The maximum atomic E-state index is 12.5. The first kappa shape index (κ1) is 16.8.